The van der Waals surface area contributed by atoms with Crippen molar-refractivity contribution in [3.63, 3.8) is 0 Å². The van der Waals surface area contributed by atoms with Crippen molar-refractivity contribution in [3.8, 4) is 0 Å². The fourth-order valence-corrected chi connectivity index (χ4v) is 10.3. The molecule has 0 aliphatic carbocycles. The van der Waals surface area contributed by atoms with Gasteiger partial charge in [-0.25, -0.2) is 0 Å². The number of aliphatic hydroxyl groups is 2. The van der Waals surface area contributed by atoms with Crippen LogP contribution in [0.1, 0.15) is 361 Å². The van der Waals surface area contributed by atoms with Crippen molar-refractivity contribution >= 4 is 11.9 Å². The summed E-state index contributed by atoms with van der Waals surface area (Å²) in [4.78, 5) is 24.6. The van der Waals surface area contributed by atoms with E-state index < -0.39 is 12.1 Å². The lowest BCUT2D eigenvalue weighted by Gasteiger charge is -2.20. The molecule has 0 saturated heterocycles. The third-order valence-corrected chi connectivity index (χ3v) is 15.4. The van der Waals surface area contributed by atoms with E-state index in [0.29, 0.717) is 19.4 Å². The van der Waals surface area contributed by atoms with Gasteiger partial charge in [0.2, 0.25) is 5.91 Å². The first-order valence-electron chi connectivity index (χ1n) is 33.3. The fourth-order valence-electron chi connectivity index (χ4n) is 10.3. The molecule has 0 radical (unpaired) electrons. The van der Waals surface area contributed by atoms with E-state index in [0.717, 1.165) is 51.4 Å². The van der Waals surface area contributed by atoms with Gasteiger partial charge < -0.3 is 20.3 Å². The highest BCUT2D eigenvalue weighted by molar-refractivity contribution is 5.76. The van der Waals surface area contributed by atoms with Crippen LogP contribution in [0.25, 0.3) is 0 Å². The molecule has 3 N–H and O–H groups in total. The molecule has 436 valence electrons. The number of ether oxygens (including phenoxy) is 1. The van der Waals surface area contributed by atoms with Crippen molar-refractivity contribution in [1.82, 2.24) is 5.32 Å². The summed E-state index contributed by atoms with van der Waals surface area (Å²) in [5.41, 5.74) is 0. The summed E-state index contributed by atoms with van der Waals surface area (Å²) in [5, 5.41) is 23.2. The number of rotatable bonds is 62. The molecule has 0 aromatic carbocycles. The van der Waals surface area contributed by atoms with Crippen LogP contribution in [-0.2, 0) is 14.3 Å². The average molecular weight is 1040 g/mol. The summed E-state index contributed by atoms with van der Waals surface area (Å²) in [5.74, 6) is -0.0651. The van der Waals surface area contributed by atoms with Gasteiger partial charge >= 0.3 is 5.97 Å². The van der Waals surface area contributed by atoms with Gasteiger partial charge in [-0.05, 0) is 57.8 Å². The van der Waals surface area contributed by atoms with Gasteiger partial charge in [0, 0.05) is 12.8 Å². The van der Waals surface area contributed by atoms with E-state index in [1.54, 1.807) is 6.08 Å². The average Bonchev–Trinajstić information content (AvgIpc) is 3.40. The first-order valence-corrected chi connectivity index (χ1v) is 33.3. The lowest BCUT2D eigenvalue weighted by molar-refractivity contribution is -0.143. The minimum Gasteiger partial charge on any atom is -0.466 e. The van der Waals surface area contributed by atoms with Crippen LogP contribution in [0.3, 0.4) is 0 Å². The lowest BCUT2D eigenvalue weighted by Crippen LogP contribution is -2.45. The highest BCUT2D eigenvalue weighted by atomic mass is 16.5. The number of allylic oxidation sites excluding steroid dienone is 5. The number of nitrogens with one attached hydrogen (secondary N) is 1. The minimum atomic E-state index is -0.845. The van der Waals surface area contributed by atoms with E-state index in [1.165, 1.54) is 283 Å². The summed E-state index contributed by atoms with van der Waals surface area (Å²) in [6, 6.07) is -0.629. The number of unbranched alkanes of at least 4 members (excludes halogenated alkanes) is 47. The quantitative estimate of drug-likeness (QED) is 0.0320. The molecule has 0 aromatic rings. The van der Waals surface area contributed by atoms with Gasteiger partial charge in [0.25, 0.3) is 0 Å². The second-order valence-corrected chi connectivity index (χ2v) is 22.8. The SMILES string of the molecule is CCCC/C=C\C/C=C\CCCCCCCC(=O)OCCCCCCCCCCCCCCCCCCCCCCCCCC(=O)NC(CO)C(O)/C=C/CCCCCCCCCCCCCCCCCCCC. The molecule has 0 rings (SSSR count). The standard InChI is InChI=1S/C68H129NO5/c1-3-5-7-9-11-13-15-17-19-20-21-27-30-33-36-40-44-48-52-56-60-66(71)65(64-70)69-67(72)61-57-53-49-45-41-37-34-31-28-25-23-22-24-26-29-32-35-39-43-47-51-55-59-63-74-68(73)62-58-54-50-46-42-38-18-16-14-12-10-8-6-4-2/h10,12,16,18,56,60,65-66,70-71H,3-9,11,13-15,17,19-55,57-59,61-64H2,1-2H3,(H,69,72)/b12-10-,18-16-,60-56+. The second kappa shape index (κ2) is 63.6. The van der Waals surface area contributed by atoms with Gasteiger partial charge in [-0.3, -0.25) is 9.59 Å². The normalized spacial score (nSPS) is 12.8. The van der Waals surface area contributed by atoms with Crippen molar-refractivity contribution < 1.29 is 24.5 Å². The maximum Gasteiger partial charge on any atom is 0.305 e. The van der Waals surface area contributed by atoms with Crippen LogP contribution in [0.4, 0.5) is 0 Å². The molecular weight excluding hydrogens is 911 g/mol. The van der Waals surface area contributed by atoms with Crippen molar-refractivity contribution in [2.75, 3.05) is 13.2 Å². The number of aliphatic hydroxyl groups excluding tert-OH is 2. The predicted molar refractivity (Wildman–Crippen MR) is 324 cm³/mol. The van der Waals surface area contributed by atoms with Crippen LogP contribution in [0.5, 0.6) is 0 Å². The van der Waals surface area contributed by atoms with Crippen LogP contribution >= 0.6 is 0 Å². The molecule has 1 amide bonds. The van der Waals surface area contributed by atoms with Crippen molar-refractivity contribution in [1.29, 1.82) is 0 Å². The summed E-state index contributed by atoms with van der Waals surface area (Å²) in [6.07, 6.45) is 80.6. The highest BCUT2D eigenvalue weighted by Crippen LogP contribution is 2.18. The number of esters is 1. The van der Waals surface area contributed by atoms with Gasteiger partial charge in [-0.1, -0.05) is 326 Å². The molecule has 0 heterocycles. The summed E-state index contributed by atoms with van der Waals surface area (Å²) in [7, 11) is 0. The smallest absolute Gasteiger partial charge is 0.305 e. The van der Waals surface area contributed by atoms with Gasteiger partial charge in [-0.15, -0.1) is 0 Å². The zero-order valence-corrected chi connectivity index (χ0v) is 49.8. The number of carbonyl (C=O) groups is 2. The Morgan fingerprint density at radius 3 is 1.07 bits per heavy atom. The summed E-state index contributed by atoms with van der Waals surface area (Å²) in [6.45, 7) is 4.88. The monoisotopic (exact) mass is 1040 g/mol. The van der Waals surface area contributed by atoms with Gasteiger partial charge in [0.1, 0.15) is 0 Å². The Morgan fingerprint density at radius 1 is 0.378 bits per heavy atom. The third-order valence-electron chi connectivity index (χ3n) is 15.4. The second-order valence-electron chi connectivity index (χ2n) is 22.8. The molecule has 0 aromatic heterocycles. The molecule has 6 nitrogen and oxygen atoms in total. The highest BCUT2D eigenvalue weighted by Gasteiger charge is 2.18. The molecule has 0 aliphatic rings. The van der Waals surface area contributed by atoms with E-state index in [9.17, 15) is 19.8 Å². The summed E-state index contributed by atoms with van der Waals surface area (Å²) < 4.78 is 5.48. The van der Waals surface area contributed by atoms with Crippen LogP contribution in [0.15, 0.2) is 36.5 Å². The number of hydrogen-bond donors (Lipinski definition) is 3. The molecule has 0 bridgehead atoms. The number of amides is 1. The van der Waals surface area contributed by atoms with Crippen LogP contribution < -0.4 is 5.32 Å². The van der Waals surface area contributed by atoms with Crippen LogP contribution in [-0.4, -0.2) is 47.4 Å². The molecule has 2 unspecified atom stereocenters. The molecule has 0 fully saturated rings. The number of carbonyl (C=O) groups excluding carboxylic acids is 2. The van der Waals surface area contributed by atoms with Crippen LogP contribution in [0, 0.1) is 0 Å². The van der Waals surface area contributed by atoms with E-state index in [-0.39, 0.29) is 18.5 Å². The van der Waals surface area contributed by atoms with Gasteiger partial charge in [0.05, 0.1) is 25.4 Å². The van der Waals surface area contributed by atoms with Crippen LogP contribution in [0.2, 0.25) is 0 Å². The van der Waals surface area contributed by atoms with Crippen molar-refractivity contribution in [2.24, 2.45) is 0 Å². The Kier molecular flexibility index (Phi) is 62.0. The molecule has 74 heavy (non-hydrogen) atoms. The minimum absolute atomic E-state index is 0.000459. The van der Waals surface area contributed by atoms with E-state index >= 15 is 0 Å². The lowest BCUT2D eigenvalue weighted by atomic mass is 10.0. The Balaban J connectivity index is 3.41. The van der Waals surface area contributed by atoms with Gasteiger partial charge in [0.15, 0.2) is 0 Å². The summed E-state index contributed by atoms with van der Waals surface area (Å²) >= 11 is 0. The largest absolute Gasteiger partial charge is 0.466 e. The van der Waals surface area contributed by atoms with Gasteiger partial charge in [-0.2, -0.15) is 0 Å². The molecule has 0 saturated carbocycles. The van der Waals surface area contributed by atoms with Crippen molar-refractivity contribution in [2.45, 2.75) is 373 Å². The van der Waals surface area contributed by atoms with E-state index in [2.05, 4.69) is 43.5 Å². The first kappa shape index (κ1) is 72.1. The maximum absolute atomic E-state index is 12.5. The third kappa shape index (κ3) is 59.3. The van der Waals surface area contributed by atoms with Crippen molar-refractivity contribution in [3.05, 3.63) is 36.5 Å². The van der Waals surface area contributed by atoms with E-state index in [1.807, 2.05) is 6.08 Å². The molecule has 0 spiro atoms. The molecule has 0 aliphatic heterocycles. The molecular formula is C68H129NO5. The maximum atomic E-state index is 12.5. The van der Waals surface area contributed by atoms with E-state index in [4.69, 9.17) is 4.74 Å². The fraction of sp³-hybridized carbons (Fsp3) is 0.882. The predicted octanol–water partition coefficient (Wildman–Crippen LogP) is 21.1. The Morgan fingerprint density at radius 2 is 0.689 bits per heavy atom. The Labute approximate surface area is 462 Å². The zero-order valence-electron chi connectivity index (χ0n) is 49.8. The Hall–Kier alpha value is -1.92. The topological polar surface area (TPSA) is 95.9 Å². The molecule has 2 atom stereocenters. The zero-order chi connectivity index (χ0) is 53.6. The first-order chi connectivity index (χ1) is 36.5. The number of hydrogen-bond acceptors (Lipinski definition) is 5. The molecule has 6 heteroatoms. The Bertz CT molecular complexity index is 1200.